The molecule has 0 saturated carbocycles. The zero-order chi connectivity index (χ0) is 14.8. The maximum Gasteiger partial charge on any atom is 0.128 e. The van der Waals surface area contributed by atoms with Gasteiger partial charge in [-0.25, -0.2) is 0 Å². The van der Waals surface area contributed by atoms with Gasteiger partial charge in [-0.3, -0.25) is 4.90 Å². The van der Waals surface area contributed by atoms with Crippen LogP contribution in [0.4, 0.5) is 0 Å². The SMILES string of the molecule is Oc1cc(O)c([C@@H](c2cccs2)N2CCNCC2)c(O)c1. The van der Waals surface area contributed by atoms with Crippen LogP contribution in [0.3, 0.4) is 0 Å². The van der Waals surface area contributed by atoms with Crippen molar-refractivity contribution < 1.29 is 15.3 Å². The molecule has 0 unspecified atom stereocenters. The van der Waals surface area contributed by atoms with E-state index in [-0.39, 0.29) is 23.3 Å². The molecule has 2 aromatic rings. The van der Waals surface area contributed by atoms with Crippen LogP contribution in [-0.2, 0) is 0 Å². The van der Waals surface area contributed by atoms with Crippen molar-refractivity contribution in [1.82, 2.24) is 10.2 Å². The molecule has 3 rings (SSSR count). The normalized spacial score (nSPS) is 17.7. The van der Waals surface area contributed by atoms with Gasteiger partial charge in [-0.1, -0.05) is 6.07 Å². The van der Waals surface area contributed by atoms with Crippen molar-refractivity contribution in [2.45, 2.75) is 6.04 Å². The number of phenols is 3. The van der Waals surface area contributed by atoms with E-state index < -0.39 is 0 Å². The van der Waals surface area contributed by atoms with Crippen LogP contribution in [0.1, 0.15) is 16.5 Å². The number of nitrogens with zero attached hydrogens (tertiary/aromatic N) is 1. The third kappa shape index (κ3) is 2.83. The van der Waals surface area contributed by atoms with Crippen LogP contribution in [-0.4, -0.2) is 46.4 Å². The summed E-state index contributed by atoms with van der Waals surface area (Å²) in [4.78, 5) is 3.29. The Hall–Kier alpha value is -1.76. The molecule has 0 aliphatic carbocycles. The number of rotatable bonds is 3. The second kappa shape index (κ2) is 5.93. The average Bonchev–Trinajstić information content (AvgIpc) is 2.97. The monoisotopic (exact) mass is 306 g/mol. The van der Waals surface area contributed by atoms with Gasteiger partial charge in [-0.2, -0.15) is 0 Å². The lowest BCUT2D eigenvalue weighted by molar-refractivity contribution is 0.195. The van der Waals surface area contributed by atoms with Crippen molar-refractivity contribution in [3.8, 4) is 17.2 Å². The molecular weight excluding hydrogens is 288 g/mol. The van der Waals surface area contributed by atoms with Gasteiger partial charge < -0.3 is 20.6 Å². The first-order chi connectivity index (χ1) is 10.2. The van der Waals surface area contributed by atoms with E-state index in [0.717, 1.165) is 31.1 Å². The fraction of sp³-hybridized carbons (Fsp3) is 0.333. The van der Waals surface area contributed by atoms with Crippen LogP contribution < -0.4 is 5.32 Å². The van der Waals surface area contributed by atoms with E-state index in [1.165, 1.54) is 12.1 Å². The molecule has 5 nitrogen and oxygen atoms in total. The van der Waals surface area contributed by atoms with E-state index in [9.17, 15) is 15.3 Å². The Morgan fingerprint density at radius 1 is 1.10 bits per heavy atom. The number of hydrogen-bond donors (Lipinski definition) is 4. The van der Waals surface area contributed by atoms with Gasteiger partial charge in [-0.15, -0.1) is 11.3 Å². The first-order valence-corrected chi connectivity index (χ1v) is 7.78. The minimum absolute atomic E-state index is 0.0792. The van der Waals surface area contributed by atoms with Crippen LogP contribution in [0, 0.1) is 0 Å². The lowest BCUT2D eigenvalue weighted by Gasteiger charge is -2.35. The van der Waals surface area contributed by atoms with Gasteiger partial charge in [0.25, 0.3) is 0 Å². The summed E-state index contributed by atoms with van der Waals surface area (Å²) in [6, 6.07) is 6.32. The van der Waals surface area contributed by atoms with Crippen LogP contribution in [0.15, 0.2) is 29.6 Å². The van der Waals surface area contributed by atoms with E-state index in [2.05, 4.69) is 10.2 Å². The lowest BCUT2D eigenvalue weighted by Crippen LogP contribution is -2.45. The number of nitrogens with one attached hydrogen (secondary N) is 1. The van der Waals surface area contributed by atoms with Crippen LogP contribution in [0.2, 0.25) is 0 Å². The molecule has 1 saturated heterocycles. The van der Waals surface area contributed by atoms with E-state index in [0.29, 0.717) is 5.56 Å². The molecule has 0 amide bonds. The Kier molecular flexibility index (Phi) is 4.01. The molecular formula is C15H18N2O3S. The summed E-state index contributed by atoms with van der Waals surface area (Å²) in [5.41, 5.74) is 0.456. The van der Waals surface area contributed by atoms with Gasteiger partial charge >= 0.3 is 0 Å². The van der Waals surface area contributed by atoms with Gasteiger partial charge in [0, 0.05) is 43.2 Å². The third-order valence-electron chi connectivity index (χ3n) is 3.72. The van der Waals surface area contributed by atoms with Crippen LogP contribution in [0.25, 0.3) is 0 Å². The highest BCUT2D eigenvalue weighted by Gasteiger charge is 2.29. The van der Waals surface area contributed by atoms with Gasteiger partial charge in [0.1, 0.15) is 17.2 Å². The summed E-state index contributed by atoms with van der Waals surface area (Å²) < 4.78 is 0. The number of aromatic hydroxyl groups is 3. The van der Waals surface area contributed by atoms with Crippen molar-refractivity contribution in [2.24, 2.45) is 0 Å². The fourth-order valence-electron chi connectivity index (χ4n) is 2.78. The topological polar surface area (TPSA) is 76.0 Å². The Morgan fingerprint density at radius 2 is 1.76 bits per heavy atom. The minimum Gasteiger partial charge on any atom is -0.508 e. The summed E-state index contributed by atoms with van der Waals surface area (Å²) in [6.07, 6.45) is 0. The molecule has 1 atom stereocenters. The molecule has 2 heterocycles. The van der Waals surface area contributed by atoms with Gasteiger partial charge in [0.15, 0.2) is 0 Å². The van der Waals surface area contributed by atoms with E-state index in [4.69, 9.17) is 0 Å². The average molecular weight is 306 g/mol. The molecule has 1 aromatic heterocycles. The van der Waals surface area contributed by atoms with Crippen molar-refractivity contribution in [3.05, 3.63) is 40.1 Å². The molecule has 6 heteroatoms. The van der Waals surface area contributed by atoms with Crippen LogP contribution in [0.5, 0.6) is 17.2 Å². The van der Waals surface area contributed by atoms with E-state index >= 15 is 0 Å². The molecule has 0 bridgehead atoms. The number of phenolic OH excluding ortho intramolecular Hbond substituents is 3. The number of piperazine rings is 1. The number of hydrogen-bond acceptors (Lipinski definition) is 6. The Balaban J connectivity index is 2.07. The Bertz CT molecular complexity index is 586. The largest absolute Gasteiger partial charge is 0.508 e. The summed E-state index contributed by atoms with van der Waals surface area (Å²) in [5, 5.41) is 35.2. The molecule has 4 N–H and O–H groups in total. The Labute approximate surface area is 127 Å². The van der Waals surface area contributed by atoms with Gasteiger partial charge in [-0.05, 0) is 11.4 Å². The maximum absolute atomic E-state index is 10.2. The van der Waals surface area contributed by atoms with E-state index in [1.54, 1.807) is 11.3 Å². The highest BCUT2D eigenvalue weighted by atomic mass is 32.1. The quantitative estimate of drug-likeness (QED) is 0.696. The first-order valence-electron chi connectivity index (χ1n) is 6.90. The molecule has 1 aliphatic rings. The van der Waals surface area contributed by atoms with Gasteiger partial charge in [0.2, 0.25) is 0 Å². The van der Waals surface area contributed by atoms with Crippen molar-refractivity contribution in [1.29, 1.82) is 0 Å². The highest BCUT2D eigenvalue weighted by molar-refractivity contribution is 7.10. The third-order valence-corrected chi connectivity index (χ3v) is 4.65. The molecule has 1 aliphatic heterocycles. The summed E-state index contributed by atoms with van der Waals surface area (Å²) in [7, 11) is 0. The summed E-state index contributed by atoms with van der Waals surface area (Å²) in [6.45, 7) is 3.42. The highest BCUT2D eigenvalue weighted by Crippen LogP contribution is 2.43. The predicted octanol–water partition coefficient (Wildman–Crippen LogP) is 1.86. The molecule has 0 radical (unpaired) electrons. The summed E-state index contributed by atoms with van der Waals surface area (Å²) in [5.74, 6) is -0.298. The molecule has 0 spiro atoms. The molecule has 1 fully saturated rings. The van der Waals surface area contributed by atoms with Crippen LogP contribution >= 0.6 is 11.3 Å². The second-order valence-corrected chi connectivity index (χ2v) is 6.08. The Morgan fingerprint density at radius 3 is 2.33 bits per heavy atom. The van der Waals surface area contributed by atoms with Gasteiger partial charge in [0.05, 0.1) is 11.6 Å². The zero-order valence-corrected chi connectivity index (χ0v) is 12.3. The smallest absolute Gasteiger partial charge is 0.128 e. The lowest BCUT2D eigenvalue weighted by atomic mass is 10.00. The standard InChI is InChI=1S/C15H18N2O3S/c18-10-8-11(19)14(12(20)9-10)15(13-2-1-7-21-13)17-5-3-16-4-6-17/h1-2,7-9,15-16,18-20H,3-6H2/t15-/m1/s1. The van der Waals surface area contributed by atoms with Crippen molar-refractivity contribution in [2.75, 3.05) is 26.2 Å². The second-order valence-electron chi connectivity index (χ2n) is 5.10. The van der Waals surface area contributed by atoms with Crippen molar-refractivity contribution in [3.63, 3.8) is 0 Å². The number of thiophene rings is 1. The van der Waals surface area contributed by atoms with Crippen molar-refractivity contribution >= 4 is 11.3 Å². The fourth-order valence-corrected chi connectivity index (χ4v) is 3.65. The minimum atomic E-state index is -0.201. The maximum atomic E-state index is 10.2. The molecule has 112 valence electrons. The number of benzene rings is 1. The predicted molar refractivity (Wildman–Crippen MR) is 82.0 cm³/mol. The zero-order valence-electron chi connectivity index (χ0n) is 11.5. The molecule has 1 aromatic carbocycles. The molecule has 21 heavy (non-hydrogen) atoms. The summed E-state index contributed by atoms with van der Waals surface area (Å²) >= 11 is 1.59. The first kappa shape index (κ1) is 14.2. The van der Waals surface area contributed by atoms with E-state index in [1.807, 2.05) is 17.5 Å².